The topological polar surface area (TPSA) is 49.4 Å². The van der Waals surface area contributed by atoms with Gasteiger partial charge in [0, 0.05) is 12.1 Å². The van der Waals surface area contributed by atoms with E-state index >= 15 is 0 Å². The number of amides is 2. The molecule has 1 aliphatic heterocycles. The van der Waals surface area contributed by atoms with E-state index in [0.717, 1.165) is 6.42 Å². The summed E-state index contributed by atoms with van der Waals surface area (Å²) in [7, 11) is 0. The van der Waals surface area contributed by atoms with Crippen molar-refractivity contribution in [3.8, 4) is 0 Å². The maximum atomic E-state index is 12.4. The molecular formula is C14H23ClN2O2. The molecule has 1 fully saturated rings. The van der Waals surface area contributed by atoms with Gasteiger partial charge in [0.15, 0.2) is 0 Å². The molecule has 0 radical (unpaired) electrons. The lowest BCUT2D eigenvalue weighted by atomic mass is 9.97. The van der Waals surface area contributed by atoms with Gasteiger partial charge < -0.3 is 10.2 Å². The van der Waals surface area contributed by atoms with Gasteiger partial charge in [-0.1, -0.05) is 44.9 Å². The van der Waals surface area contributed by atoms with Crippen LogP contribution in [0.15, 0.2) is 11.6 Å². The fourth-order valence-corrected chi connectivity index (χ4v) is 2.47. The fourth-order valence-electron chi connectivity index (χ4n) is 2.39. The molecule has 2 atom stereocenters. The third-order valence-electron chi connectivity index (χ3n) is 3.24. The molecule has 0 bridgehead atoms. The monoisotopic (exact) mass is 286 g/mol. The average Bonchev–Trinajstić information content (AvgIpc) is 2.34. The molecule has 0 aromatic carbocycles. The van der Waals surface area contributed by atoms with Crippen LogP contribution in [0.2, 0.25) is 0 Å². The minimum Gasteiger partial charge on any atom is -0.342 e. The molecule has 0 aromatic rings. The molecule has 2 unspecified atom stereocenters. The SMILES string of the molecule is CCCC1C(=O)NC(CC(C)C)C(=O)N1C/C=C/Cl. The van der Waals surface area contributed by atoms with Gasteiger partial charge in [0.1, 0.15) is 12.1 Å². The van der Waals surface area contributed by atoms with E-state index in [1.54, 1.807) is 11.0 Å². The van der Waals surface area contributed by atoms with E-state index in [2.05, 4.69) is 5.32 Å². The van der Waals surface area contributed by atoms with Crippen molar-refractivity contribution in [2.45, 2.75) is 52.1 Å². The minimum absolute atomic E-state index is 0.00140. The smallest absolute Gasteiger partial charge is 0.246 e. The molecule has 1 heterocycles. The van der Waals surface area contributed by atoms with Crippen LogP contribution in [-0.2, 0) is 9.59 Å². The molecule has 1 rings (SSSR count). The zero-order chi connectivity index (χ0) is 14.4. The molecule has 0 aromatic heterocycles. The molecule has 19 heavy (non-hydrogen) atoms. The Hall–Kier alpha value is -1.03. The second-order valence-electron chi connectivity index (χ2n) is 5.35. The fraction of sp³-hybridized carbons (Fsp3) is 0.714. The van der Waals surface area contributed by atoms with E-state index < -0.39 is 6.04 Å². The summed E-state index contributed by atoms with van der Waals surface area (Å²) < 4.78 is 0. The largest absolute Gasteiger partial charge is 0.342 e. The normalized spacial score (nSPS) is 24.4. The molecule has 2 amide bonds. The van der Waals surface area contributed by atoms with Crippen LogP contribution in [0.25, 0.3) is 0 Å². The van der Waals surface area contributed by atoms with Gasteiger partial charge in [-0.05, 0) is 18.8 Å². The first-order chi connectivity index (χ1) is 9.01. The van der Waals surface area contributed by atoms with Crippen molar-refractivity contribution in [2.24, 2.45) is 5.92 Å². The highest BCUT2D eigenvalue weighted by atomic mass is 35.5. The summed E-state index contributed by atoms with van der Waals surface area (Å²) in [6.07, 6.45) is 3.92. The number of rotatable bonds is 6. The molecule has 1 aliphatic rings. The third-order valence-corrected chi connectivity index (χ3v) is 3.42. The van der Waals surface area contributed by atoms with Gasteiger partial charge in [-0.3, -0.25) is 9.59 Å². The van der Waals surface area contributed by atoms with Crippen molar-refractivity contribution in [3.05, 3.63) is 11.6 Å². The Morgan fingerprint density at radius 2 is 2.11 bits per heavy atom. The number of nitrogens with one attached hydrogen (secondary N) is 1. The summed E-state index contributed by atoms with van der Waals surface area (Å²) in [6.45, 7) is 6.49. The van der Waals surface area contributed by atoms with Gasteiger partial charge in [0.25, 0.3) is 0 Å². The lowest BCUT2D eigenvalue weighted by molar-refractivity contribution is -0.149. The van der Waals surface area contributed by atoms with Gasteiger partial charge in [0.2, 0.25) is 11.8 Å². The van der Waals surface area contributed by atoms with Crippen molar-refractivity contribution in [1.82, 2.24) is 10.2 Å². The standard InChI is InChI=1S/C14H23ClN2O2/c1-4-6-12-13(18)16-11(9-10(2)3)14(19)17(12)8-5-7-15/h5,7,10-12H,4,6,8-9H2,1-3H3,(H,16,18)/b7-5+. The van der Waals surface area contributed by atoms with Crippen molar-refractivity contribution < 1.29 is 9.59 Å². The number of nitrogens with zero attached hydrogens (tertiary/aromatic N) is 1. The van der Waals surface area contributed by atoms with E-state index in [1.165, 1.54) is 5.54 Å². The summed E-state index contributed by atoms with van der Waals surface area (Å²) in [6, 6.07) is -0.766. The molecule has 1 N–H and O–H groups in total. The second kappa shape index (κ2) is 7.53. The first-order valence-electron chi connectivity index (χ1n) is 6.87. The number of carbonyl (C=O) groups excluding carboxylic acids is 2. The van der Waals surface area contributed by atoms with Crippen LogP contribution in [0.3, 0.4) is 0 Å². The number of carbonyl (C=O) groups is 2. The number of hydrogen-bond donors (Lipinski definition) is 1. The van der Waals surface area contributed by atoms with Crippen molar-refractivity contribution in [1.29, 1.82) is 0 Å². The molecule has 1 saturated heterocycles. The Morgan fingerprint density at radius 1 is 1.42 bits per heavy atom. The number of hydrogen-bond acceptors (Lipinski definition) is 2. The number of piperazine rings is 1. The lowest BCUT2D eigenvalue weighted by Gasteiger charge is -2.39. The molecule has 5 heteroatoms. The minimum atomic E-state index is -0.399. The molecule has 0 aliphatic carbocycles. The van der Waals surface area contributed by atoms with E-state index in [0.29, 0.717) is 25.3 Å². The summed E-state index contributed by atoms with van der Waals surface area (Å²) in [5.41, 5.74) is 1.39. The van der Waals surface area contributed by atoms with Crippen molar-refractivity contribution in [3.63, 3.8) is 0 Å². The molecular weight excluding hydrogens is 264 g/mol. The zero-order valence-corrected chi connectivity index (χ0v) is 12.6. The highest BCUT2D eigenvalue weighted by molar-refractivity contribution is 6.25. The predicted octanol–water partition coefficient (Wildman–Crippen LogP) is 2.28. The van der Waals surface area contributed by atoms with Crippen LogP contribution in [0.5, 0.6) is 0 Å². The Bertz CT molecular complexity index is 355. The summed E-state index contributed by atoms with van der Waals surface area (Å²) >= 11 is 5.53. The molecule has 4 nitrogen and oxygen atoms in total. The summed E-state index contributed by atoms with van der Waals surface area (Å²) in [5.74, 6) is 0.319. The van der Waals surface area contributed by atoms with Gasteiger partial charge in [0.05, 0.1) is 0 Å². The Labute approximate surface area is 120 Å². The van der Waals surface area contributed by atoms with E-state index in [4.69, 9.17) is 11.6 Å². The quantitative estimate of drug-likeness (QED) is 0.814. The van der Waals surface area contributed by atoms with Crippen LogP contribution in [0.1, 0.15) is 40.0 Å². The van der Waals surface area contributed by atoms with Gasteiger partial charge in [-0.25, -0.2) is 0 Å². The van der Waals surface area contributed by atoms with Gasteiger partial charge in [-0.2, -0.15) is 0 Å². The highest BCUT2D eigenvalue weighted by Crippen LogP contribution is 2.18. The van der Waals surface area contributed by atoms with Gasteiger partial charge >= 0.3 is 0 Å². The summed E-state index contributed by atoms with van der Waals surface area (Å²) in [5, 5.41) is 2.85. The third kappa shape index (κ3) is 4.23. The number of halogens is 1. The Balaban J connectivity index is 2.87. The van der Waals surface area contributed by atoms with Crippen molar-refractivity contribution >= 4 is 23.4 Å². The van der Waals surface area contributed by atoms with Crippen LogP contribution >= 0.6 is 11.6 Å². The second-order valence-corrected chi connectivity index (χ2v) is 5.60. The maximum Gasteiger partial charge on any atom is 0.246 e. The molecule has 0 saturated carbocycles. The zero-order valence-electron chi connectivity index (χ0n) is 11.9. The van der Waals surface area contributed by atoms with Gasteiger partial charge in [-0.15, -0.1) is 0 Å². The first kappa shape index (κ1) is 16.0. The Kier molecular flexibility index (Phi) is 6.35. The Morgan fingerprint density at radius 3 is 2.63 bits per heavy atom. The highest BCUT2D eigenvalue weighted by Gasteiger charge is 2.39. The van der Waals surface area contributed by atoms with Crippen LogP contribution in [0.4, 0.5) is 0 Å². The van der Waals surface area contributed by atoms with Crippen LogP contribution in [-0.4, -0.2) is 35.3 Å². The average molecular weight is 287 g/mol. The first-order valence-corrected chi connectivity index (χ1v) is 7.31. The van der Waals surface area contributed by atoms with Crippen LogP contribution in [0, 0.1) is 5.92 Å². The van der Waals surface area contributed by atoms with Crippen molar-refractivity contribution in [2.75, 3.05) is 6.54 Å². The van der Waals surface area contributed by atoms with E-state index in [-0.39, 0.29) is 17.9 Å². The maximum absolute atomic E-state index is 12.4. The van der Waals surface area contributed by atoms with Crippen LogP contribution < -0.4 is 5.32 Å². The summed E-state index contributed by atoms with van der Waals surface area (Å²) in [4.78, 5) is 26.2. The van der Waals surface area contributed by atoms with E-state index in [1.807, 2.05) is 20.8 Å². The molecule has 0 spiro atoms. The molecule has 108 valence electrons. The van der Waals surface area contributed by atoms with E-state index in [9.17, 15) is 9.59 Å². The lowest BCUT2D eigenvalue weighted by Crippen LogP contribution is -2.63. The predicted molar refractivity (Wildman–Crippen MR) is 76.8 cm³/mol.